The van der Waals surface area contributed by atoms with Crippen LogP contribution in [-0.4, -0.2) is 20.6 Å². The van der Waals surface area contributed by atoms with Gasteiger partial charge in [-0.3, -0.25) is 14.9 Å². The Morgan fingerprint density at radius 1 is 1.19 bits per heavy atom. The maximum atomic E-state index is 12.4. The summed E-state index contributed by atoms with van der Waals surface area (Å²) >= 11 is 5.99. The summed E-state index contributed by atoms with van der Waals surface area (Å²) in [4.78, 5) is 34.3. The van der Waals surface area contributed by atoms with Crippen LogP contribution in [0.5, 0.6) is 11.5 Å². The predicted octanol–water partition coefficient (Wildman–Crippen LogP) is 3.59. The highest BCUT2D eigenvalue weighted by Crippen LogP contribution is 2.34. The molecule has 0 aliphatic rings. The van der Waals surface area contributed by atoms with E-state index in [1.165, 1.54) is 49.5 Å². The molecule has 0 saturated heterocycles. The number of ether oxygens (including phenoxy) is 1. The molecule has 132 valence electrons. The number of nitro groups is 1. The first kappa shape index (κ1) is 17.4. The van der Waals surface area contributed by atoms with Crippen LogP contribution in [0.2, 0.25) is 5.02 Å². The van der Waals surface area contributed by atoms with Crippen LogP contribution in [0, 0.1) is 10.1 Å². The Morgan fingerprint density at radius 2 is 1.85 bits per heavy atom. The SMILES string of the molecule is Cn1c(C(=O)O)c(Oc2ccc([N+](=O)[O-])cc2)c2cc(Cl)ccc2c1=O. The number of benzene rings is 2. The third-order valence-corrected chi connectivity index (χ3v) is 4.02. The Morgan fingerprint density at radius 3 is 2.42 bits per heavy atom. The zero-order chi connectivity index (χ0) is 19.0. The fourth-order valence-electron chi connectivity index (χ4n) is 2.55. The number of aromatic nitrogens is 1. The Balaban J connectivity index is 2.25. The molecule has 1 heterocycles. The average Bonchev–Trinajstić information content (AvgIpc) is 2.59. The summed E-state index contributed by atoms with van der Waals surface area (Å²) in [5.41, 5.74) is -1.00. The van der Waals surface area contributed by atoms with Gasteiger partial charge in [-0.2, -0.15) is 0 Å². The van der Waals surface area contributed by atoms with Gasteiger partial charge in [0.2, 0.25) is 0 Å². The molecule has 0 fully saturated rings. The Hall–Kier alpha value is -3.39. The molecule has 3 aromatic rings. The van der Waals surface area contributed by atoms with Crippen molar-refractivity contribution in [3.8, 4) is 11.5 Å². The average molecular weight is 375 g/mol. The fourth-order valence-corrected chi connectivity index (χ4v) is 2.72. The molecule has 9 heteroatoms. The minimum atomic E-state index is -1.36. The topological polar surface area (TPSA) is 112 Å². The molecule has 3 rings (SSSR count). The van der Waals surface area contributed by atoms with Gasteiger partial charge in [-0.05, 0) is 30.3 Å². The summed E-state index contributed by atoms with van der Waals surface area (Å²) < 4.78 is 6.66. The molecule has 0 radical (unpaired) electrons. The van der Waals surface area contributed by atoms with Crippen LogP contribution >= 0.6 is 11.6 Å². The van der Waals surface area contributed by atoms with Crippen molar-refractivity contribution < 1.29 is 19.6 Å². The Labute approximate surface area is 151 Å². The van der Waals surface area contributed by atoms with E-state index in [1.807, 2.05) is 0 Å². The number of hydrogen-bond donors (Lipinski definition) is 1. The predicted molar refractivity (Wildman–Crippen MR) is 94.3 cm³/mol. The van der Waals surface area contributed by atoms with Gasteiger partial charge in [0.1, 0.15) is 5.75 Å². The van der Waals surface area contributed by atoms with E-state index < -0.39 is 16.5 Å². The van der Waals surface area contributed by atoms with Crippen molar-refractivity contribution in [1.29, 1.82) is 0 Å². The second-order valence-electron chi connectivity index (χ2n) is 5.39. The molecular formula is C17H11ClN2O6. The van der Waals surface area contributed by atoms with Crippen LogP contribution in [-0.2, 0) is 7.05 Å². The number of fused-ring (bicyclic) bond motifs is 1. The summed E-state index contributed by atoms with van der Waals surface area (Å²) in [6.45, 7) is 0. The number of carbonyl (C=O) groups is 1. The van der Waals surface area contributed by atoms with Gasteiger partial charge in [0.05, 0.1) is 10.3 Å². The van der Waals surface area contributed by atoms with Crippen molar-refractivity contribution in [2.45, 2.75) is 0 Å². The van der Waals surface area contributed by atoms with Gasteiger partial charge in [-0.25, -0.2) is 4.79 Å². The maximum Gasteiger partial charge on any atom is 0.356 e. The van der Waals surface area contributed by atoms with Crippen molar-refractivity contribution >= 4 is 34.0 Å². The maximum absolute atomic E-state index is 12.4. The van der Waals surface area contributed by atoms with Crippen LogP contribution < -0.4 is 10.3 Å². The molecule has 0 amide bonds. The fraction of sp³-hybridized carbons (Fsp3) is 0.0588. The third-order valence-electron chi connectivity index (χ3n) is 3.78. The number of carboxylic acid groups (broad SMARTS) is 1. The van der Waals surface area contributed by atoms with E-state index in [-0.39, 0.29) is 33.7 Å². The van der Waals surface area contributed by atoms with E-state index in [1.54, 1.807) is 0 Å². The molecular weight excluding hydrogens is 364 g/mol. The van der Waals surface area contributed by atoms with Gasteiger partial charge < -0.3 is 14.4 Å². The molecule has 26 heavy (non-hydrogen) atoms. The summed E-state index contributed by atoms with van der Waals surface area (Å²) in [7, 11) is 1.32. The van der Waals surface area contributed by atoms with Crippen LogP contribution in [0.3, 0.4) is 0 Å². The number of nitro benzene ring substituents is 1. The molecule has 2 aromatic carbocycles. The molecule has 0 atom stereocenters. The zero-order valence-electron chi connectivity index (χ0n) is 13.3. The molecule has 8 nitrogen and oxygen atoms in total. The zero-order valence-corrected chi connectivity index (χ0v) is 14.1. The van der Waals surface area contributed by atoms with Gasteiger partial charge in [-0.15, -0.1) is 0 Å². The molecule has 1 N–H and O–H groups in total. The molecule has 0 spiro atoms. The minimum Gasteiger partial charge on any atom is -0.476 e. The first-order chi connectivity index (χ1) is 12.3. The van der Waals surface area contributed by atoms with Crippen LogP contribution in [0.15, 0.2) is 47.3 Å². The van der Waals surface area contributed by atoms with Crippen molar-refractivity contribution in [2.75, 3.05) is 0 Å². The normalized spacial score (nSPS) is 10.7. The molecule has 1 aromatic heterocycles. The quantitative estimate of drug-likeness (QED) is 0.551. The lowest BCUT2D eigenvalue weighted by atomic mass is 10.1. The van der Waals surface area contributed by atoms with Gasteiger partial charge in [0.15, 0.2) is 11.4 Å². The van der Waals surface area contributed by atoms with E-state index in [2.05, 4.69) is 0 Å². The highest BCUT2D eigenvalue weighted by Gasteiger charge is 2.22. The van der Waals surface area contributed by atoms with E-state index in [0.29, 0.717) is 5.02 Å². The van der Waals surface area contributed by atoms with Gasteiger partial charge in [0, 0.05) is 29.6 Å². The largest absolute Gasteiger partial charge is 0.476 e. The molecule has 0 aliphatic carbocycles. The van der Waals surface area contributed by atoms with E-state index in [0.717, 1.165) is 4.57 Å². The van der Waals surface area contributed by atoms with E-state index in [9.17, 15) is 24.8 Å². The van der Waals surface area contributed by atoms with E-state index >= 15 is 0 Å². The number of nitrogens with zero attached hydrogens (tertiary/aromatic N) is 2. The third kappa shape index (κ3) is 2.98. The number of halogens is 1. The first-order valence-corrected chi connectivity index (χ1v) is 7.65. The molecule has 0 unspecified atom stereocenters. The first-order valence-electron chi connectivity index (χ1n) is 7.27. The summed E-state index contributed by atoms with van der Waals surface area (Å²) in [6, 6.07) is 9.57. The van der Waals surface area contributed by atoms with Crippen molar-refractivity contribution in [1.82, 2.24) is 4.57 Å². The smallest absolute Gasteiger partial charge is 0.356 e. The van der Waals surface area contributed by atoms with Crippen molar-refractivity contribution in [2.24, 2.45) is 7.05 Å². The second-order valence-corrected chi connectivity index (χ2v) is 5.83. The summed E-state index contributed by atoms with van der Waals surface area (Å²) in [6.07, 6.45) is 0. The molecule has 0 bridgehead atoms. The van der Waals surface area contributed by atoms with Gasteiger partial charge in [-0.1, -0.05) is 11.6 Å². The molecule has 0 saturated carbocycles. The molecule has 0 aliphatic heterocycles. The monoisotopic (exact) mass is 374 g/mol. The van der Waals surface area contributed by atoms with Crippen molar-refractivity contribution in [3.63, 3.8) is 0 Å². The number of non-ortho nitro benzene ring substituents is 1. The number of pyridine rings is 1. The highest BCUT2D eigenvalue weighted by atomic mass is 35.5. The van der Waals surface area contributed by atoms with E-state index in [4.69, 9.17) is 16.3 Å². The van der Waals surface area contributed by atoms with Gasteiger partial charge >= 0.3 is 5.97 Å². The number of rotatable bonds is 4. The number of carboxylic acids is 1. The number of hydrogen-bond acceptors (Lipinski definition) is 5. The second kappa shape index (κ2) is 6.49. The highest BCUT2D eigenvalue weighted by molar-refractivity contribution is 6.31. The summed E-state index contributed by atoms with van der Waals surface area (Å²) in [5.74, 6) is -1.26. The lowest BCUT2D eigenvalue weighted by Gasteiger charge is -2.15. The number of aromatic carboxylic acids is 1. The standard InChI is InChI=1S/C17H11ClN2O6/c1-19-14(17(22)23)15(13-8-9(18)2-7-12(13)16(19)21)26-11-5-3-10(4-6-11)20(24)25/h2-8H,1H3,(H,22,23). The van der Waals surface area contributed by atoms with Crippen molar-refractivity contribution in [3.05, 3.63) is 73.6 Å². The Bertz CT molecular complexity index is 1100. The van der Waals surface area contributed by atoms with Crippen LogP contribution in [0.25, 0.3) is 10.8 Å². The Kier molecular flexibility index (Phi) is 4.35. The van der Waals surface area contributed by atoms with Crippen LogP contribution in [0.4, 0.5) is 5.69 Å². The summed E-state index contributed by atoms with van der Waals surface area (Å²) in [5, 5.41) is 21.0. The minimum absolute atomic E-state index is 0.0778. The van der Waals surface area contributed by atoms with Gasteiger partial charge in [0.25, 0.3) is 11.2 Å². The lowest BCUT2D eigenvalue weighted by molar-refractivity contribution is -0.384. The van der Waals surface area contributed by atoms with Crippen LogP contribution in [0.1, 0.15) is 10.5 Å². The lowest BCUT2D eigenvalue weighted by Crippen LogP contribution is -2.24.